The summed E-state index contributed by atoms with van der Waals surface area (Å²) in [6.45, 7) is 0.502. The number of aliphatic hydroxyl groups excluding tert-OH is 1. The van der Waals surface area contributed by atoms with E-state index in [1.807, 2.05) is 0 Å². The molecule has 102 valence electrons. The van der Waals surface area contributed by atoms with Crippen LogP contribution in [0.15, 0.2) is 0 Å². The molecule has 18 heavy (non-hydrogen) atoms. The van der Waals surface area contributed by atoms with Crippen molar-refractivity contribution < 1.29 is 14.7 Å². The third kappa shape index (κ3) is 2.81. The van der Waals surface area contributed by atoms with E-state index in [1.54, 1.807) is 11.9 Å². The lowest BCUT2D eigenvalue weighted by Crippen LogP contribution is -2.60. The van der Waals surface area contributed by atoms with E-state index < -0.39 is 6.10 Å². The Bertz CT molecular complexity index is 325. The standard InChI is InChI=1S/C12H21N3O3/c1-15(9-4-2-3-5-10(9)16)12(18)8-6-14-11(17)7-13-8/h8-10,13,16H,2-7H2,1H3,(H,14,17). The van der Waals surface area contributed by atoms with E-state index in [-0.39, 0.29) is 30.4 Å². The summed E-state index contributed by atoms with van der Waals surface area (Å²) in [6.07, 6.45) is 3.26. The lowest BCUT2D eigenvalue weighted by atomic mass is 9.91. The molecule has 2 amide bonds. The van der Waals surface area contributed by atoms with Crippen molar-refractivity contribution >= 4 is 11.8 Å². The molecule has 1 saturated heterocycles. The van der Waals surface area contributed by atoms with Crippen LogP contribution in [0, 0.1) is 0 Å². The van der Waals surface area contributed by atoms with Crippen molar-refractivity contribution in [3.8, 4) is 0 Å². The molecule has 0 aromatic carbocycles. The van der Waals surface area contributed by atoms with E-state index in [0.717, 1.165) is 25.7 Å². The highest BCUT2D eigenvalue weighted by atomic mass is 16.3. The molecule has 2 aliphatic rings. The second-order valence-electron chi connectivity index (χ2n) is 5.11. The summed E-state index contributed by atoms with van der Waals surface area (Å²) in [4.78, 5) is 24.9. The van der Waals surface area contributed by atoms with Crippen LogP contribution in [0.25, 0.3) is 0 Å². The fourth-order valence-corrected chi connectivity index (χ4v) is 2.69. The quantitative estimate of drug-likeness (QED) is 0.581. The van der Waals surface area contributed by atoms with Crippen molar-refractivity contribution in [3.05, 3.63) is 0 Å². The van der Waals surface area contributed by atoms with Crippen molar-refractivity contribution in [2.24, 2.45) is 0 Å². The number of rotatable bonds is 2. The summed E-state index contributed by atoms with van der Waals surface area (Å²) in [5.74, 6) is -0.139. The van der Waals surface area contributed by atoms with Crippen LogP contribution in [0.2, 0.25) is 0 Å². The number of piperazine rings is 1. The maximum atomic E-state index is 12.3. The molecule has 3 N–H and O–H groups in total. The molecule has 1 heterocycles. The van der Waals surface area contributed by atoms with Gasteiger partial charge < -0.3 is 15.3 Å². The van der Waals surface area contributed by atoms with Crippen LogP contribution < -0.4 is 10.6 Å². The fourth-order valence-electron chi connectivity index (χ4n) is 2.69. The Morgan fingerprint density at radius 3 is 2.72 bits per heavy atom. The third-order valence-electron chi connectivity index (χ3n) is 3.85. The minimum Gasteiger partial charge on any atom is -0.391 e. The van der Waals surface area contributed by atoms with E-state index in [2.05, 4.69) is 10.6 Å². The van der Waals surface area contributed by atoms with Gasteiger partial charge >= 0.3 is 0 Å². The molecule has 1 saturated carbocycles. The van der Waals surface area contributed by atoms with E-state index in [9.17, 15) is 14.7 Å². The van der Waals surface area contributed by atoms with E-state index in [4.69, 9.17) is 0 Å². The summed E-state index contributed by atoms with van der Waals surface area (Å²) in [6, 6.07) is -0.465. The molecule has 1 aliphatic carbocycles. The van der Waals surface area contributed by atoms with Gasteiger partial charge in [-0.2, -0.15) is 0 Å². The molecule has 0 aromatic rings. The molecule has 0 bridgehead atoms. The van der Waals surface area contributed by atoms with Gasteiger partial charge in [0.15, 0.2) is 0 Å². The van der Waals surface area contributed by atoms with Crippen molar-refractivity contribution in [2.45, 2.75) is 43.9 Å². The summed E-state index contributed by atoms with van der Waals surface area (Å²) >= 11 is 0. The summed E-state index contributed by atoms with van der Waals surface area (Å²) in [7, 11) is 1.74. The molecule has 6 heteroatoms. The third-order valence-corrected chi connectivity index (χ3v) is 3.85. The number of carbonyl (C=O) groups is 2. The van der Waals surface area contributed by atoms with Gasteiger partial charge in [0.25, 0.3) is 0 Å². The van der Waals surface area contributed by atoms with Gasteiger partial charge in [0.05, 0.1) is 18.7 Å². The minimum atomic E-state index is -0.425. The van der Waals surface area contributed by atoms with E-state index in [0.29, 0.717) is 6.54 Å². The Balaban J connectivity index is 1.93. The molecule has 0 radical (unpaired) electrons. The van der Waals surface area contributed by atoms with Crippen LogP contribution in [0.3, 0.4) is 0 Å². The van der Waals surface area contributed by atoms with Crippen LogP contribution in [0.4, 0.5) is 0 Å². The summed E-state index contributed by atoms with van der Waals surface area (Å²) in [5.41, 5.74) is 0. The first-order valence-corrected chi connectivity index (χ1v) is 6.54. The number of hydrogen-bond acceptors (Lipinski definition) is 4. The van der Waals surface area contributed by atoms with Crippen molar-refractivity contribution in [2.75, 3.05) is 20.1 Å². The number of amides is 2. The zero-order chi connectivity index (χ0) is 13.1. The number of carbonyl (C=O) groups excluding carboxylic acids is 2. The van der Waals surface area contributed by atoms with E-state index >= 15 is 0 Å². The Morgan fingerprint density at radius 1 is 1.39 bits per heavy atom. The highest BCUT2D eigenvalue weighted by molar-refractivity contribution is 5.86. The van der Waals surface area contributed by atoms with Crippen molar-refractivity contribution in [1.29, 1.82) is 0 Å². The van der Waals surface area contributed by atoms with Gasteiger partial charge in [-0.15, -0.1) is 0 Å². The monoisotopic (exact) mass is 255 g/mol. The maximum absolute atomic E-state index is 12.3. The number of nitrogens with one attached hydrogen (secondary N) is 2. The largest absolute Gasteiger partial charge is 0.391 e. The van der Waals surface area contributed by atoms with Crippen LogP contribution in [-0.4, -0.2) is 60.1 Å². The second kappa shape index (κ2) is 5.67. The summed E-state index contributed by atoms with van der Waals surface area (Å²) in [5, 5.41) is 15.5. The first-order chi connectivity index (χ1) is 8.59. The Hall–Kier alpha value is -1.14. The first-order valence-electron chi connectivity index (χ1n) is 6.54. The SMILES string of the molecule is CN(C(=O)C1CNC(=O)CN1)C1CCCCC1O. The molecule has 0 spiro atoms. The molecular formula is C12H21N3O3. The second-order valence-corrected chi connectivity index (χ2v) is 5.11. The van der Waals surface area contributed by atoms with Crippen LogP contribution in [-0.2, 0) is 9.59 Å². The molecule has 6 nitrogen and oxygen atoms in total. The van der Waals surface area contributed by atoms with Gasteiger partial charge in [-0.25, -0.2) is 0 Å². The highest BCUT2D eigenvalue weighted by Gasteiger charge is 2.33. The predicted molar refractivity (Wildman–Crippen MR) is 65.8 cm³/mol. The predicted octanol–water partition coefficient (Wildman–Crippen LogP) is -1.16. The van der Waals surface area contributed by atoms with Crippen LogP contribution in [0.5, 0.6) is 0 Å². The molecule has 0 aromatic heterocycles. The number of likely N-dealkylation sites (N-methyl/N-ethyl adjacent to an activating group) is 1. The smallest absolute Gasteiger partial charge is 0.241 e. The Morgan fingerprint density at radius 2 is 2.11 bits per heavy atom. The van der Waals surface area contributed by atoms with Gasteiger partial charge in [-0.3, -0.25) is 14.9 Å². The van der Waals surface area contributed by atoms with Gasteiger partial charge in [0.2, 0.25) is 11.8 Å². The average Bonchev–Trinajstić information content (AvgIpc) is 2.38. The van der Waals surface area contributed by atoms with Crippen molar-refractivity contribution in [1.82, 2.24) is 15.5 Å². The van der Waals surface area contributed by atoms with Crippen LogP contribution >= 0.6 is 0 Å². The van der Waals surface area contributed by atoms with Gasteiger partial charge in [-0.1, -0.05) is 12.8 Å². The fraction of sp³-hybridized carbons (Fsp3) is 0.833. The first kappa shape index (κ1) is 13.3. The molecular weight excluding hydrogens is 234 g/mol. The van der Waals surface area contributed by atoms with Crippen molar-refractivity contribution in [3.63, 3.8) is 0 Å². The van der Waals surface area contributed by atoms with Gasteiger partial charge in [-0.05, 0) is 12.8 Å². The maximum Gasteiger partial charge on any atom is 0.241 e. The lowest BCUT2D eigenvalue weighted by molar-refractivity contribution is -0.138. The number of nitrogens with zero attached hydrogens (tertiary/aromatic N) is 1. The molecule has 3 unspecified atom stereocenters. The number of hydrogen-bond donors (Lipinski definition) is 3. The number of aliphatic hydroxyl groups is 1. The van der Waals surface area contributed by atoms with E-state index in [1.165, 1.54) is 0 Å². The highest BCUT2D eigenvalue weighted by Crippen LogP contribution is 2.22. The lowest BCUT2D eigenvalue weighted by Gasteiger charge is -2.37. The van der Waals surface area contributed by atoms with Gasteiger partial charge in [0.1, 0.15) is 6.04 Å². The Labute approximate surface area is 107 Å². The normalized spacial score (nSPS) is 32.8. The summed E-state index contributed by atoms with van der Waals surface area (Å²) < 4.78 is 0. The zero-order valence-corrected chi connectivity index (χ0v) is 10.7. The van der Waals surface area contributed by atoms with Crippen LogP contribution in [0.1, 0.15) is 25.7 Å². The zero-order valence-electron chi connectivity index (χ0n) is 10.7. The molecule has 1 aliphatic heterocycles. The van der Waals surface area contributed by atoms with Gasteiger partial charge in [0, 0.05) is 13.6 Å². The molecule has 2 fully saturated rings. The molecule has 2 rings (SSSR count). The minimum absolute atomic E-state index is 0.0547. The molecule has 3 atom stereocenters. The topological polar surface area (TPSA) is 81.7 Å². The Kier molecular flexibility index (Phi) is 4.19. The average molecular weight is 255 g/mol.